The summed E-state index contributed by atoms with van der Waals surface area (Å²) >= 11 is 2.53. The van der Waals surface area contributed by atoms with Gasteiger partial charge >= 0.3 is 11.7 Å². The molecule has 2 aromatic heterocycles. The molecule has 1 amide bonds. The Morgan fingerprint density at radius 2 is 2.22 bits per heavy atom. The van der Waals surface area contributed by atoms with Crippen LogP contribution in [0, 0.1) is 0 Å². The van der Waals surface area contributed by atoms with Crippen molar-refractivity contribution in [3.05, 3.63) is 27.0 Å². The normalized spacial score (nSPS) is 13.6. The molecule has 0 aromatic carbocycles. The van der Waals surface area contributed by atoms with Crippen molar-refractivity contribution in [2.24, 2.45) is 0 Å². The molecule has 0 unspecified atom stereocenters. The highest BCUT2D eigenvalue weighted by atomic mass is 32.2. The molecule has 10 heteroatoms. The number of esters is 1. The number of thioether (sulfide) groups is 1. The largest absolute Gasteiger partial charge is 0.462 e. The van der Waals surface area contributed by atoms with Gasteiger partial charge in [-0.05, 0) is 43.0 Å². The number of hydrogen-bond donors (Lipinski definition) is 2. The Labute approximate surface area is 164 Å². The number of hydrogen-bond acceptors (Lipinski definition) is 7. The van der Waals surface area contributed by atoms with Gasteiger partial charge in [-0.3, -0.25) is 9.36 Å². The van der Waals surface area contributed by atoms with Gasteiger partial charge in [0, 0.05) is 6.54 Å². The maximum atomic E-state index is 12.4. The lowest BCUT2D eigenvalue weighted by Crippen LogP contribution is -2.19. The number of carbonyl (C=O) groups is 2. The zero-order valence-corrected chi connectivity index (χ0v) is 16.9. The highest BCUT2D eigenvalue weighted by molar-refractivity contribution is 7.99. The highest BCUT2D eigenvalue weighted by Crippen LogP contribution is 2.46. The number of H-pyrrole nitrogens is 1. The summed E-state index contributed by atoms with van der Waals surface area (Å²) < 4.78 is 6.67. The van der Waals surface area contributed by atoms with Crippen LogP contribution in [0.5, 0.6) is 0 Å². The summed E-state index contributed by atoms with van der Waals surface area (Å²) in [5.41, 5.74) is 1.16. The van der Waals surface area contributed by atoms with Crippen LogP contribution in [0.25, 0.3) is 0 Å². The molecule has 146 valence electrons. The molecule has 2 heterocycles. The third kappa shape index (κ3) is 4.62. The third-order valence-corrected chi connectivity index (χ3v) is 5.96. The smallest absolute Gasteiger partial charge is 0.343 e. The highest BCUT2D eigenvalue weighted by Gasteiger charge is 2.32. The van der Waals surface area contributed by atoms with Gasteiger partial charge in [0.25, 0.3) is 0 Å². The first-order valence-electron chi connectivity index (χ1n) is 8.91. The summed E-state index contributed by atoms with van der Waals surface area (Å²) in [7, 11) is 0. The Morgan fingerprint density at radius 1 is 1.44 bits per heavy atom. The standard InChI is InChI=1S/C17H22N4O4S2/c1-3-7-21-16(24)19-20-17(21)27-9-12(22)18-14-13(15(23)25-4-2)11(8-26-14)10-5-6-10/h8,10H,3-7,9H2,1-2H3,(H,18,22)(H,19,24). The lowest BCUT2D eigenvalue weighted by atomic mass is 10.1. The Balaban J connectivity index is 1.68. The first-order chi connectivity index (χ1) is 13.0. The van der Waals surface area contributed by atoms with E-state index in [0.717, 1.165) is 24.8 Å². The van der Waals surface area contributed by atoms with Crippen molar-refractivity contribution in [2.75, 3.05) is 17.7 Å². The minimum Gasteiger partial charge on any atom is -0.462 e. The van der Waals surface area contributed by atoms with Gasteiger partial charge in [-0.15, -0.1) is 16.4 Å². The molecule has 0 bridgehead atoms. The van der Waals surface area contributed by atoms with Crippen LogP contribution in [-0.2, 0) is 16.1 Å². The first-order valence-corrected chi connectivity index (χ1v) is 10.8. The second kappa shape index (κ2) is 8.75. The molecule has 1 saturated carbocycles. The molecule has 0 radical (unpaired) electrons. The average Bonchev–Trinajstić information content (AvgIpc) is 3.31. The fourth-order valence-electron chi connectivity index (χ4n) is 2.70. The van der Waals surface area contributed by atoms with Crippen molar-refractivity contribution in [3.63, 3.8) is 0 Å². The SMILES string of the molecule is CCCn1c(SCC(=O)Nc2scc(C3CC3)c2C(=O)OCC)n[nH]c1=O. The molecule has 0 saturated heterocycles. The van der Waals surface area contributed by atoms with E-state index in [4.69, 9.17) is 4.74 Å². The minimum atomic E-state index is -0.396. The molecule has 0 atom stereocenters. The second-order valence-electron chi connectivity index (χ2n) is 6.19. The monoisotopic (exact) mass is 410 g/mol. The van der Waals surface area contributed by atoms with Crippen LogP contribution < -0.4 is 11.0 Å². The fraction of sp³-hybridized carbons (Fsp3) is 0.529. The first kappa shape index (κ1) is 19.7. The predicted octanol–water partition coefficient (Wildman–Crippen LogP) is 2.83. The van der Waals surface area contributed by atoms with Gasteiger partial charge in [0.15, 0.2) is 5.16 Å². The molecule has 0 aliphatic heterocycles. The Bertz CT molecular complexity index is 882. The van der Waals surface area contributed by atoms with Gasteiger partial charge in [0.1, 0.15) is 5.00 Å². The number of aromatic nitrogens is 3. The summed E-state index contributed by atoms with van der Waals surface area (Å²) in [6.45, 7) is 4.56. The number of ether oxygens (including phenoxy) is 1. The van der Waals surface area contributed by atoms with Crippen LogP contribution in [-0.4, -0.2) is 39.0 Å². The number of carbonyl (C=O) groups excluding carboxylic acids is 2. The maximum absolute atomic E-state index is 12.4. The summed E-state index contributed by atoms with van der Waals surface area (Å²) in [6.07, 6.45) is 2.90. The van der Waals surface area contributed by atoms with Crippen molar-refractivity contribution in [3.8, 4) is 0 Å². The van der Waals surface area contributed by atoms with Crippen molar-refractivity contribution in [1.82, 2.24) is 14.8 Å². The number of thiophene rings is 1. The van der Waals surface area contributed by atoms with E-state index in [1.54, 1.807) is 6.92 Å². The van der Waals surface area contributed by atoms with Crippen molar-refractivity contribution < 1.29 is 14.3 Å². The van der Waals surface area contributed by atoms with Crippen LogP contribution in [0.2, 0.25) is 0 Å². The Hall–Kier alpha value is -2.07. The fourth-order valence-corrected chi connectivity index (χ4v) is 4.52. The van der Waals surface area contributed by atoms with E-state index >= 15 is 0 Å². The van der Waals surface area contributed by atoms with Crippen LogP contribution in [0.1, 0.15) is 54.9 Å². The molecule has 1 aliphatic carbocycles. The lowest BCUT2D eigenvalue weighted by Gasteiger charge is -2.08. The molecule has 2 aromatic rings. The average molecular weight is 411 g/mol. The predicted molar refractivity (Wildman–Crippen MR) is 105 cm³/mol. The number of aromatic amines is 1. The second-order valence-corrected chi connectivity index (χ2v) is 8.01. The zero-order valence-electron chi connectivity index (χ0n) is 15.2. The van der Waals surface area contributed by atoms with E-state index in [1.807, 2.05) is 12.3 Å². The summed E-state index contributed by atoms with van der Waals surface area (Å²) in [6, 6.07) is 0. The number of nitrogens with one attached hydrogen (secondary N) is 2. The zero-order chi connectivity index (χ0) is 19.4. The van der Waals surface area contributed by atoms with E-state index < -0.39 is 5.97 Å². The van der Waals surface area contributed by atoms with Crippen molar-refractivity contribution in [2.45, 2.75) is 50.7 Å². The Morgan fingerprint density at radius 3 is 2.89 bits per heavy atom. The van der Waals surface area contributed by atoms with Crippen LogP contribution >= 0.6 is 23.1 Å². The molecule has 27 heavy (non-hydrogen) atoms. The van der Waals surface area contributed by atoms with Gasteiger partial charge in [0.2, 0.25) is 5.91 Å². The summed E-state index contributed by atoms with van der Waals surface area (Å²) in [5, 5.41) is 12.1. The Kier molecular flexibility index (Phi) is 6.38. The maximum Gasteiger partial charge on any atom is 0.343 e. The molecule has 1 fully saturated rings. The van der Waals surface area contributed by atoms with Crippen LogP contribution in [0.4, 0.5) is 5.00 Å². The molecule has 1 aliphatic rings. The van der Waals surface area contributed by atoms with E-state index in [1.165, 1.54) is 27.7 Å². The number of rotatable bonds is 9. The summed E-state index contributed by atoms with van der Waals surface area (Å²) in [5.74, 6) is -0.179. The van der Waals surface area contributed by atoms with Gasteiger partial charge in [-0.25, -0.2) is 14.7 Å². The van der Waals surface area contributed by atoms with Crippen molar-refractivity contribution in [1.29, 1.82) is 0 Å². The van der Waals surface area contributed by atoms with Crippen LogP contribution in [0.3, 0.4) is 0 Å². The molecule has 2 N–H and O–H groups in total. The van der Waals surface area contributed by atoms with Crippen molar-refractivity contribution >= 4 is 40.0 Å². The number of amides is 1. The minimum absolute atomic E-state index is 0.0902. The molecule has 8 nitrogen and oxygen atoms in total. The van der Waals surface area contributed by atoms with Gasteiger partial charge in [-0.1, -0.05) is 18.7 Å². The molecular weight excluding hydrogens is 388 g/mol. The third-order valence-electron chi connectivity index (χ3n) is 4.07. The van der Waals surface area contributed by atoms with E-state index in [9.17, 15) is 14.4 Å². The van der Waals surface area contributed by atoms with Gasteiger partial charge in [0.05, 0.1) is 17.9 Å². The van der Waals surface area contributed by atoms with Gasteiger partial charge < -0.3 is 10.1 Å². The van der Waals surface area contributed by atoms with Gasteiger partial charge in [-0.2, -0.15) is 0 Å². The van der Waals surface area contributed by atoms with E-state index in [2.05, 4.69) is 15.5 Å². The summed E-state index contributed by atoms with van der Waals surface area (Å²) in [4.78, 5) is 36.4. The quantitative estimate of drug-likeness (QED) is 0.486. The van der Waals surface area contributed by atoms with E-state index in [-0.39, 0.29) is 24.0 Å². The molecule has 3 rings (SSSR count). The van der Waals surface area contributed by atoms with E-state index in [0.29, 0.717) is 28.2 Å². The topological polar surface area (TPSA) is 106 Å². The molecular formula is C17H22N4O4S2. The number of nitrogens with zero attached hydrogens (tertiary/aromatic N) is 2. The van der Waals surface area contributed by atoms with Crippen LogP contribution in [0.15, 0.2) is 15.3 Å². The number of anilines is 1. The lowest BCUT2D eigenvalue weighted by molar-refractivity contribution is -0.113. The molecule has 0 spiro atoms.